The van der Waals surface area contributed by atoms with Gasteiger partial charge in [0.15, 0.2) is 11.0 Å². The summed E-state index contributed by atoms with van der Waals surface area (Å²) in [5.41, 5.74) is 0. The number of cyclic esters (lactones) is 1. The lowest BCUT2D eigenvalue weighted by atomic mass is 10.3. The van der Waals surface area contributed by atoms with E-state index in [2.05, 4.69) is 14.8 Å². The van der Waals surface area contributed by atoms with Crippen molar-refractivity contribution >= 4 is 29.3 Å². The van der Waals surface area contributed by atoms with Gasteiger partial charge in [-0.05, 0) is 25.0 Å². The van der Waals surface area contributed by atoms with Gasteiger partial charge in [-0.25, -0.2) is 0 Å². The van der Waals surface area contributed by atoms with Crippen LogP contribution in [0.3, 0.4) is 0 Å². The first-order valence-electron chi connectivity index (χ1n) is 7.87. The number of para-hydroxylation sites is 1. The quantitative estimate of drug-likeness (QED) is 0.732. The lowest BCUT2D eigenvalue weighted by Crippen LogP contribution is -2.12. The van der Waals surface area contributed by atoms with E-state index < -0.39 is 0 Å². The lowest BCUT2D eigenvalue weighted by molar-refractivity contribution is -0.137. The number of hydrogen-bond donors (Lipinski definition) is 0. The number of aromatic nitrogens is 3. The van der Waals surface area contributed by atoms with E-state index in [-0.39, 0.29) is 11.2 Å². The number of benzene rings is 1. The van der Waals surface area contributed by atoms with Crippen molar-refractivity contribution in [3.05, 3.63) is 35.1 Å². The Morgan fingerprint density at radius 1 is 1.29 bits per heavy atom. The standard InChI is InChI=1S/C16H16ClN3O3S/c17-11-3-1-2-4-12(11)23-9-14-18-19-16(20(14)10-5-6-10)24-13-7-8-22-15(13)21/h1-4,10,13H,5-9H2/t13-/m1/s1. The van der Waals surface area contributed by atoms with Gasteiger partial charge in [0.25, 0.3) is 0 Å². The van der Waals surface area contributed by atoms with Crippen LogP contribution in [0.4, 0.5) is 0 Å². The normalized spacial score (nSPS) is 20.2. The molecule has 2 fully saturated rings. The summed E-state index contributed by atoms with van der Waals surface area (Å²) in [4.78, 5) is 11.7. The Labute approximate surface area is 148 Å². The lowest BCUT2D eigenvalue weighted by Gasteiger charge is -2.11. The molecule has 1 saturated heterocycles. The zero-order chi connectivity index (χ0) is 16.5. The molecule has 1 aliphatic carbocycles. The van der Waals surface area contributed by atoms with Crippen LogP contribution in [0, 0.1) is 0 Å². The summed E-state index contributed by atoms with van der Waals surface area (Å²) in [6.07, 6.45) is 2.91. The predicted octanol–water partition coefficient (Wildman–Crippen LogP) is 3.25. The molecule has 0 bridgehead atoms. The summed E-state index contributed by atoms with van der Waals surface area (Å²) in [5, 5.41) is 9.67. The van der Waals surface area contributed by atoms with E-state index in [1.54, 1.807) is 6.07 Å². The number of carbonyl (C=O) groups excluding carboxylic acids is 1. The number of ether oxygens (including phenoxy) is 2. The van der Waals surface area contributed by atoms with Crippen molar-refractivity contribution < 1.29 is 14.3 Å². The van der Waals surface area contributed by atoms with Gasteiger partial charge < -0.3 is 9.47 Å². The number of esters is 1. The van der Waals surface area contributed by atoms with Gasteiger partial charge >= 0.3 is 5.97 Å². The van der Waals surface area contributed by atoms with E-state index in [9.17, 15) is 4.79 Å². The van der Waals surface area contributed by atoms with Crippen LogP contribution in [0.1, 0.15) is 31.1 Å². The van der Waals surface area contributed by atoms with Crippen LogP contribution in [0.2, 0.25) is 5.02 Å². The highest BCUT2D eigenvalue weighted by atomic mass is 35.5. The second-order valence-electron chi connectivity index (χ2n) is 5.78. The molecule has 0 N–H and O–H groups in total. The molecule has 24 heavy (non-hydrogen) atoms. The molecule has 1 atom stereocenters. The molecule has 1 saturated carbocycles. The molecule has 0 radical (unpaired) electrons. The van der Waals surface area contributed by atoms with Gasteiger partial charge in [0.05, 0.1) is 11.6 Å². The molecule has 1 aromatic carbocycles. The summed E-state index contributed by atoms with van der Waals surface area (Å²) >= 11 is 7.55. The monoisotopic (exact) mass is 365 g/mol. The highest BCUT2D eigenvalue weighted by Gasteiger charge is 2.34. The molecule has 126 valence electrons. The van der Waals surface area contributed by atoms with Crippen LogP contribution in [0.15, 0.2) is 29.4 Å². The maximum atomic E-state index is 11.7. The second-order valence-corrected chi connectivity index (χ2v) is 7.36. The van der Waals surface area contributed by atoms with Crippen molar-refractivity contribution in [2.75, 3.05) is 6.61 Å². The van der Waals surface area contributed by atoms with Crippen molar-refractivity contribution in [1.29, 1.82) is 0 Å². The van der Waals surface area contributed by atoms with E-state index >= 15 is 0 Å². The van der Waals surface area contributed by atoms with Gasteiger partial charge in [0, 0.05) is 12.5 Å². The molecule has 2 aliphatic rings. The molecule has 1 aliphatic heterocycles. The summed E-state index contributed by atoms with van der Waals surface area (Å²) < 4.78 is 12.9. The van der Waals surface area contributed by atoms with Gasteiger partial charge in [-0.15, -0.1) is 10.2 Å². The molecular weight excluding hydrogens is 350 g/mol. The van der Waals surface area contributed by atoms with Crippen molar-refractivity contribution in [2.45, 2.75) is 42.3 Å². The van der Waals surface area contributed by atoms with Crippen molar-refractivity contribution in [3.8, 4) is 5.75 Å². The third-order valence-electron chi connectivity index (χ3n) is 3.98. The molecular formula is C16H16ClN3O3S. The summed E-state index contributed by atoms with van der Waals surface area (Å²) in [7, 11) is 0. The molecule has 0 unspecified atom stereocenters. The highest BCUT2D eigenvalue weighted by Crippen LogP contribution is 2.40. The molecule has 4 rings (SSSR count). The maximum Gasteiger partial charge on any atom is 0.319 e. The van der Waals surface area contributed by atoms with E-state index in [0.29, 0.717) is 36.4 Å². The number of halogens is 1. The molecule has 2 aromatic rings. The van der Waals surface area contributed by atoms with E-state index in [4.69, 9.17) is 21.1 Å². The van der Waals surface area contributed by atoms with Crippen molar-refractivity contribution in [1.82, 2.24) is 14.8 Å². The fourth-order valence-electron chi connectivity index (χ4n) is 2.60. The predicted molar refractivity (Wildman–Crippen MR) is 89.3 cm³/mol. The summed E-state index contributed by atoms with van der Waals surface area (Å²) in [6.45, 7) is 0.777. The number of thioether (sulfide) groups is 1. The van der Waals surface area contributed by atoms with E-state index in [0.717, 1.165) is 23.8 Å². The zero-order valence-electron chi connectivity index (χ0n) is 12.9. The number of carbonyl (C=O) groups is 1. The van der Waals surface area contributed by atoms with Crippen LogP contribution in [0.5, 0.6) is 5.75 Å². The van der Waals surface area contributed by atoms with Crippen LogP contribution < -0.4 is 4.74 Å². The van der Waals surface area contributed by atoms with E-state index in [1.807, 2.05) is 18.2 Å². The van der Waals surface area contributed by atoms with Gasteiger partial charge in [-0.2, -0.15) is 0 Å². The van der Waals surface area contributed by atoms with Gasteiger partial charge in [0.2, 0.25) is 0 Å². The first-order chi connectivity index (χ1) is 11.7. The maximum absolute atomic E-state index is 11.7. The Bertz CT molecular complexity index is 763. The third kappa shape index (κ3) is 3.23. The Morgan fingerprint density at radius 2 is 2.12 bits per heavy atom. The Balaban J connectivity index is 1.51. The summed E-state index contributed by atoms with van der Waals surface area (Å²) in [5.74, 6) is 1.21. The first-order valence-corrected chi connectivity index (χ1v) is 9.12. The highest BCUT2D eigenvalue weighted by molar-refractivity contribution is 8.00. The molecule has 2 heterocycles. The van der Waals surface area contributed by atoms with Crippen molar-refractivity contribution in [3.63, 3.8) is 0 Å². The largest absolute Gasteiger partial charge is 0.484 e. The Hall–Kier alpha value is -1.73. The Kier molecular flexibility index (Phi) is 4.37. The van der Waals surface area contributed by atoms with Crippen LogP contribution >= 0.6 is 23.4 Å². The topological polar surface area (TPSA) is 66.2 Å². The number of nitrogens with zero attached hydrogens (tertiary/aromatic N) is 3. The van der Waals surface area contributed by atoms with Crippen molar-refractivity contribution in [2.24, 2.45) is 0 Å². The Morgan fingerprint density at radius 3 is 2.83 bits per heavy atom. The first kappa shape index (κ1) is 15.8. The average Bonchev–Trinajstić information content (AvgIpc) is 3.22. The second kappa shape index (κ2) is 6.64. The third-order valence-corrected chi connectivity index (χ3v) is 5.49. The average molecular weight is 366 g/mol. The van der Waals surface area contributed by atoms with Gasteiger partial charge in [-0.3, -0.25) is 9.36 Å². The molecule has 8 heteroatoms. The summed E-state index contributed by atoms with van der Waals surface area (Å²) in [6, 6.07) is 7.74. The molecule has 0 spiro atoms. The van der Waals surface area contributed by atoms with Crippen LogP contribution in [0.25, 0.3) is 0 Å². The fourth-order valence-corrected chi connectivity index (χ4v) is 3.88. The molecule has 0 amide bonds. The minimum atomic E-state index is -0.191. The smallest absolute Gasteiger partial charge is 0.319 e. The fraction of sp³-hybridized carbons (Fsp3) is 0.438. The van der Waals surface area contributed by atoms with Crippen LogP contribution in [-0.4, -0.2) is 32.6 Å². The number of rotatable bonds is 6. The van der Waals surface area contributed by atoms with E-state index in [1.165, 1.54) is 11.8 Å². The SMILES string of the molecule is O=C1OCC[C@H]1Sc1nnc(COc2ccccc2Cl)n1C1CC1. The zero-order valence-corrected chi connectivity index (χ0v) is 14.4. The number of hydrogen-bond acceptors (Lipinski definition) is 6. The molecule has 6 nitrogen and oxygen atoms in total. The molecule has 1 aromatic heterocycles. The van der Waals surface area contributed by atoms with Gasteiger partial charge in [-0.1, -0.05) is 35.5 Å². The van der Waals surface area contributed by atoms with Gasteiger partial charge in [0.1, 0.15) is 17.6 Å². The minimum Gasteiger partial charge on any atom is -0.484 e. The minimum absolute atomic E-state index is 0.167. The van der Waals surface area contributed by atoms with Crippen LogP contribution in [-0.2, 0) is 16.1 Å².